The van der Waals surface area contributed by atoms with E-state index in [0.29, 0.717) is 5.75 Å². The minimum Gasteiger partial charge on any atom is -0.467 e. The highest BCUT2D eigenvalue weighted by atomic mass is 32.2. The Hall–Kier alpha value is -1.55. The molecule has 94 valence electrons. The number of benzene rings is 1. The van der Waals surface area contributed by atoms with E-state index >= 15 is 0 Å². The fourth-order valence-electron chi connectivity index (χ4n) is 1.66. The van der Waals surface area contributed by atoms with Crippen molar-refractivity contribution in [3.8, 4) is 0 Å². The molecule has 0 aromatic heterocycles. The topological polar surface area (TPSA) is 38.7 Å². The zero-order valence-corrected chi connectivity index (χ0v) is 11.2. The van der Waals surface area contributed by atoms with Crippen molar-refractivity contribution in [3.63, 3.8) is 0 Å². The number of nitrogens with zero attached hydrogens (tertiary/aromatic N) is 1. The maximum atomic E-state index is 11.6. The molecule has 0 spiro atoms. The lowest BCUT2D eigenvalue weighted by atomic mass is 10.1. The highest BCUT2D eigenvalue weighted by Gasteiger charge is 2.38. The third-order valence-corrected chi connectivity index (χ3v) is 3.93. The van der Waals surface area contributed by atoms with Gasteiger partial charge < -0.3 is 4.74 Å². The summed E-state index contributed by atoms with van der Waals surface area (Å²) in [5, 5.41) is 0.867. The number of esters is 1. The zero-order valence-electron chi connectivity index (χ0n) is 10.4. The molecule has 0 N–H and O–H groups in total. The van der Waals surface area contributed by atoms with E-state index in [-0.39, 0.29) is 5.97 Å². The second-order valence-electron chi connectivity index (χ2n) is 4.25. The van der Waals surface area contributed by atoms with Crippen LogP contribution in [0.5, 0.6) is 0 Å². The van der Waals surface area contributed by atoms with Crippen LogP contribution >= 0.6 is 11.8 Å². The van der Waals surface area contributed by atoms with Gasteiger partial charge in [0.1, 0.15) is 0 Å². The lowest BCUT2D eigenvalue weighted by molar-refractivity contribution is -0.145. The monoisotopic (exact) mass is 261 g/mol. The van der Waals surface area contributed by atoms with Crippen LogP contribution in [-0.2, 0) is 9.53 Å². The Bertz CT molecular complexity index is 496. The smallest absolute Gasteiger partial charge is 0.334 e. The lowest BCUT2D eigenvalue weighted by Gasteiger charge is -2.15. The van der Waals surface area contributed by atoms with Crippen molar-refractivity contribution in [2.75, 3.05) is 12.9 Å². The van der Waals surface area contributed by atoms with Gasteiger partial charge in [0, 0.05) is 5.75 Å². The van der Waals surface area contributed by atoms with E-state index in [4.69, 9.17) is 4.74 Å². The van der Waals surface area contributed by atoms with Crippen LogP contribution in [0.4, 0.5) is 0 Å². The zero-order chi connectivity index (χ0) is 13.0. The number of thioether (sulfide) groups is 1. The minimum absolute atomic E-state index is 0.280. The molecule has 1 atom stereocenters. The van der Waals surface area contributed by atoms with E-state index in [1.54, 1.807) is 18.7 Å². The van der Waals surface area contributed by atoms with E-state index < -0.39 is 5.54 Å². The molecule has 1 aliphatic heterocycles. The number of rotatable bonds is 3. The van der Waals surface area contributed by atoms with Gasteiger partial charge >= 0.3 is 5.97 Å². The molecule has 1 aromatic carbocycles. The summed E-state index contributed by atoms with van der Waals surface area (Å²) in [4.78, 5) is 16.0. The van der Waals surface area contributed by atoms with Crippen LogP contribution < -0.4 is 0 Å². The molecule has 0 amide bonds. The summed E-state index contributed by atoms with van der Waals surface area (Å²) in [5.74, 6) is 0.354. The van der Waals surface area contributed by atoms with Crippen molar-refractivity contribution in [1.29, 1.82) is 0 Å². The number of aliphatic imine (C=N–C) groups is 1. The molecule has 0 bridgehead atoms. The van der Waals surface area contributed by atoms with Gasteiger partial charge in [0.15, 0.2) is 5.54 Å². The average Bonchev–Trinajstić information content (AvgIpc) is 2.80. The van der Waals surface area contributed by atoms with Gasteiger partial charge in [-0.05, 0) is 18.6 Å². The first-order chi connectivity index (χ1) is 8.64. The first-order valence-corrected chi connectivity index (χ1v) is 6.67. The van der Waals surface area contributed by atoms with Gasteiger partial charge in [0.25, 0.3) is 0 Å². The highest BCUT2D eigenvalue weighted by Crippen LogP contribution is 2.29. The van der Waals surface area contributed by atoms with Gasteiger partial charge in [-0.1, -0.05) is 36.4 Å². The van der Waals surface area contributed by atoms with E-state index in [1.165, 1.54) is 7.11 Å². The number of carbonyl (C=O) groups is 1. The van der Waals surface area contributed by atoms with E-state index in [1.807, 2.05) is 42.5 Å². The third kappa shape index (κ3) is 2.82. The molecular formula is C14H15NO2S. The van der Waals surface area contributed by atoms with Gasteiger partial charge in [-0.25, -0.2) is 4.79 Å². The Labute approximate surface area is 111 Å². The number of carbonyl (C=O) groups excluding carboxylic acids is 1. The summed E-state index contributed by atoms with van der Waals surface area (Å²) >= 11 is 1.57. The quantitative estimate of drug-likeness (QED) is 0.785. The molecule has 1 aromatic rings. The van der Waals surface area contributed by atoms with Crippen molar-refractivity contribution in [2.24, 2.45) is 4.99 Å². The predicted molar refractivity (Wildman–Crippen MR) is 75.8 cm³/mol. The minimum atomic E-state index is -0.740. The van der Waals surface area contributed by atoms with Crippen molar-refractivity contribution >= 4 is 28.9 Å². The van der Waals surface area contributed by atoms with Crippen LogP contribution in [0.2, 0.25) is 0 Å². The summed E-state index contributed by atoms with van der Waals surface area (Å²) in [7, 11) is 1.39. The van der Waals surface area contributed by atoms with Crippen molar-refractivity contribution in [2.45, 2.75) is 12.5 Å². The van der Waals surface area contributed by atoms with E-state index in [2.05, 4.69) is 4.99 Å². The van der Waals surface area contributed by atoms with E-state index in [0.717, 1.165) is 10.6 Å². The fourth-order valence-corrected chi connectivity index (χ4v) is 2.71. The summed E-state index contributed by atoms with van der Waals surface area (Å²) in [6.45, 7) is 1.80. The molecule has 0 unspecified atom stereocenters. The second-order valence-corrected chi connectivity index (χ2v) is 5.24. The molecule has 0 radical (unpaired) electrons. The fraction of sp³-hybridized carbons (Fsp3) is 0.286. The molecule has 1 aliphatic rings. The third-order valence-electron chi connectivity index (χ3n) is 2.70. The van der Waals surface area contributed by atoms with Crippen molar-refractivity contribution in [3.05, 3.63) is 42.0 Å². The van der Waals surface area contributed by atoms with Gasteiger partial charge in [-0.2, -0.15) is 0 Å². The Morgan fingerprint density at radius 3 is 2.78 bits per heavy atom. The van der Waals surface area contributed by atoms with Gasteiger partial charge in [-0.15, -0.1) is 11.8 Å². The van der Waals surface area contributed by atoms with Crippen LogP contribution in [0.15, 0.2) is 41.4 Å². The average molecular weight is 261 g/mol. The molecule has 0 aliphatic carbocycles. The van der Waals surface area contributed by atoms with Gasteiger partial charge in [-0.3, -0.25) is 4.99 Å². The van der Waals surface area contributed by atoms with E-state index in [9.17, 15) is 4.79 Å². The lowest BCUT2D eigenvalue weighted by Crippen LogP contribution is -2.34. The van der Waals surface area contributed by atoms with Crippen LogP contribution in [0, 0.1) is 0 Å². The van der Waals surface area contributed by atoms with Gasteiger partial charge in [0.2, 0.25) is 0 Å². The Balaban J connectivity index is 2.10. The molecule has 3 nitrogen and oxygen atoms in total. The molecule has 1 heterocycles. The summed E-state index contributed by atoms with van der Waals surface area (Å²) in [6.07, 6.45) is 3.93. The second kappa shape index (κ2) is 5.40. The largest absolute Gasteiger partial charge is 0.467 e. The van der Waals surface area contributed by atoms with Crippen LogP contribution in [-0.4, -0.2) is 29.4 Å². The van der Waals surface area contributed by atoms with Gasteiger partial charge in [0.05, 0.1) is 12.2 Å². The maximum Gasteiger partial charge on any atom is 0.334 e. The molecule has 2 rings (SSSR count). The Morgan fingerprint density at radius 2 is 2.11 bits per heavy atom. The predicted octanol–water partition coefficient (Wildman–Crippen LogP) is 2.78. The SMILES string of the molecule is COC(=O)[C@]1(C)CSC(/C=C/c2ccccc2)=N1. The molecule has 0 saturated heterocycles. The van der Waals surface area contributed by atoms with Crippen LogP contribution in [0.1, 0.15) is 12.5 Å². The number of hydrogen-bond donors (Lipinski definition) is 0. The molecule has 4 heteroatoms. The summed E-state index contributed by atoms with van der Waals surface area (Å²) in [6, 6.07) is 10.0. The maximum absolute atomic E-state index is 11.6. The standard InChI is InChI=1S/C14H15NO2S/c1-14(13(16)17-2)10-18-12(15-14)9-8-11-6-4-3-5-7-11/h3-9H,10H2,1-2H3/b9-8+/t14-/m0/s1. The normalized spacial score (nSPS) is 23.1. The summed E-state index contributed by atoms with van der Waals surface area (Å²) < 4.78 is 4.76. The molecule has 18 heavy (non-hydrogen) atoms. The van der Waals surface area contributed by atoms with Crippen LogP contribution in [0.3, 0.4) is 0 Å². The van der Waals surface area contributed by atoms with Crippen LogP contribution in [0.25, 0.3) is 6.08 Å². The van der Waals surface area contributed by atoms with Crippen molar-refractivity contribution in [1.82, 2.24) is 0 Å². The summed E-state index contributed by atoms with van der Waals surface area (Å²) in [5.41, 5.74) is 0.378. The molecular weight excluding hydrogens is 246 g/mol. The highest BCUT2D eigenvalue weighted by molar-refractivity contribution is 8.14. The first-order valence-electron chi connectivity index (χ1n) is 5.68. The number of methoxy groups -OCH3 is 1. The Morgan fingerprint density at radius 1 is 1.39 bits per heavy atom. The van der Waals surface area contributed by atoms with Crippen molar-refractivity contribution < 1.29 is 9.53 Å². The Kier molecular flexibility index (Phi) is 3.87. The molecule has 0 saturated carbocycles. The molecule has 0 fully saturated rings. The number of ether oxygens (including phenoxy) is 1. The first kappa shape index (κ1) is 12.9. The number of hydrogen-bond acceptors (Lipinski definition) is 4.